The minimum atomic E-state index is -0.539. The number of amides is 1. The Morgan fingerprint density at radius 3 is 2.93 bits per heavy atom. The van der Waals surface area contributed by atoms with Crippen LogP contribution in [0, 0.1) is 0 Å². The molecule has 2 N–H and O–H groups in total. The number of halogens is 1. The molecule has 0 fully saturated rings. The molecule has 0 bridgehead atoms. The molecule has 0 aliphatic carbocycles. The van der Waals surface area contributed by atoms with Crippen LogP contribution in [0.15, 0.2) is 24.3 Å². The summed E-state index contributed by atoms with van der Waals surface area (Å²) in [6, 6.07) is 7.03. The number of nitrogens with one attached hydrogen (secondary N) is 1. The van der Waals surface area contributed by atoms with Crippen molar-refractivity contribution in [1.29, 1.82) is 0 Å². The number of hydrogen-bond donors (Lipinski definition) is 2. The molecular formula is C10H12ClNO2. The fraction of sp³-hybridized carbons (Fsp3) is 0.300. The SMILES string of the molecule is C[C@H](O)c1cccc(NC(=O)CCl)c1. The quantitative estimate of drug-likeness (QED) is 0.754. The zero-order valence-corrected chi connectivity index (χ0v) is 8.58. The molecule has 4 heteroatoms. The highest BCUT2D eigenvalue weighted by Gasteiger charge is 2.03. The first-order valence-electron chi connectivity index (χ1n) is 4.27. The average molecular weight is 214 g/mol. The second kappa shape index (κ2) is 4.98. The Morgan fingerprint density at radius 2 is 2.36 bits per heavy atom. The zero-order chi connectivity index (χ0) is 10.6. The fourth-order valence-electron chi connectivity index (χ4n) is 1.07. The molecule has 0 saturated heterocycles. The largest absolute Gasteiger partial charge is 0.389 e. The van der Waals surface area contributed by atoms with Gasteiger partial charge in [0.05, 0.1) is 6.10 Å². The van der Waals surface area contributed by atoms with Crippen LogP contribution < -0.4 is 5.32 Å². The van der Waals surface area contributed by atoms with E-state index in [0.717, 1.165) is 5.56 Å². The molecule has 0 spiro atoms. The normalized spacial score (nSPS) is 12.2. The lowest BCUT2D eigenvalue weighted by atomic mass is 10.1. The number of aliphatic hydroxyl groups is 1. The van der Waals surface area contributed by atoms with Gasteiger partial charge in [0.25, 0.3) is 0 Å². The van der Waals surface area contributed by atoms with Crippen molar-refractivity contribution in [3.05, 3.63) is 29.8 Å². The zero-order valence-electron chi connectivity index (χ0n) is 7.83. The van der Waals surface area contributed by atoms with E-state index in [-0.39, 0.29) is 11.8 Å². The third-order valence-electron chi connectivity index (χ3n) is 1.77. The van der Waals surface area contributed by atoms with Gasteiger partial charge in [-0.2, -0.15) is 0 Å². The van der Waals surface area contributed by atoms with Crippen molar-refractivity contribution in [3.8, 4) is 0 Å². The van der Waals surface area contributed by atoms with E-state index in [2.05, 4.69) is 5.32 Å². The molecule has 1 aromatic rings. The van der Waals surface area contributed by atoms with E-state index in [4.69, 9.17) is 11.6 Å². The van der Waals surface area contributed by atoms with Gasteiger partial charge in [0, 0.05) is 5.69 Å². The van der Waals surface area contributed by atoms with Crippen molar-refractivity contribution in [2.45, 2.75) is 13.0 Å². The van der Waals surface area contributed by atoms with Gasteiger partial charge in [-0.05, 0) is 24.6 Å². The van der Waals surface area contributed by atoms with Crippen LogP contribution in [0.2, 0.25) is 0 Å². The van der Waals surface area contributed by atoms with Gasteiger partial charge in [0.1, 0.15) is 5.88 Å². The van der Waals surface area contributed by atoms with Crippen molar-refractivity contribution >= 4 is 23.2 Å². The van der Waals surface area contributed by atoms with E-state index >= 15 is 0 Å². The Labute approximate surface area is 87.7 Å². The van der Waals surface area contributed by atoms with Crippen LogP contribution in [-0.2, 0) is 4.79 Å². The van der Waals surface area contributed by atoms with Gasteiger partial charge in [-0.3, -0.25) is 4.79 Å². The van der Waals surface area contributed by atoms with Crippen LogP contribution in [0.5, 0.6) is 0 Å². The molecule has 1 atom stereocenters. The fourth-order valence-corrected chi connectivity index (χ4v) is 1.14. The molecule has 1 rings (SSSR count). The number of rotatable bonds is 3. The number of carbonyl (C=O) groups excluding carboxylic acids is 1. The van der Waals surface area contributed by atoms with E-state index in [1.54, 1.807) is 31.2 Å². The molecule has 1 aromatic carbocycles. The second-order valence-electron chi connectivity index (χ2n) is 2.98. The first kappa shape index (κ1) is 11.0. The Bertz CT molecular complexity index is 326. The summed E-state index contributed by atoms with van der Waals surface area (Å²) in [6.45, 7) is 1.67. The summed E-state index contributed by atoms with van der Waals surface area (Å²) >= 11 is 5.34. The molecule has 0 aliphatic rings. The summed E-state index contributed by atoms with van der Waals surface area (Å²) in [4.78, 5) is 11.0. The van der Waals surface area contributed by atoms with E-state index in [1.807, 2.05) is 0 Å². The van der Waals surface area contributed by atoms with Crippen molar-refractivity contribution < 1.29 is 9.90 Å². The van der Waals surface area contributed by atoms with Gasteiger partial charge >= 0.3 is 0 Å². The Hall–Kier alpha value is -1.06. The Kier molecular flexibility index (Phi) is 3.92. The maximum atomic E-state index is 11.0. The first-order valence-corrected chi connectivity index (χ1v) is 4.81. The predicted octanol–water partition coefficient (Wildman–Crippen LogP) is 1.92. The van der Waals surface area contributed by atoms with Crippen molar-refractivity contribution in [2.75, 3.05) is 11.2 Å². The first-order chi connectivity index (χ1) is 6.63. The predicted molar refractivity (Wildman–Crippen MR) is 56.4 cm³/mol. The molecule has 0 aliphatic heterocycles. The molecule has 0 unspecified atom stereocenters. The molecule has 0 heterocycles. The highest BCUT2D eigenvalue weighted by Crippen LogP contribution is 2.16. The van der Waals surface area contributed by atoms with E-state index < -0.39 is 6.10 Å². The second-order valence-corrected chi connectivity index (χ2v) is 3.25. The van der Waals surface area contributed by atoms with Gasteiger partial charge in [-0.1, -0.05) is 12.1 Å². The van der Waals surface area contributed by atoms with Crippen LogP contribution in [0.25, 0.3) is 0 Å². The van der Waals surface area contributed by atoms with E-state index in [0.29, 0.717) is 5.69 Å². The molecule has 1 amide bonds. The number of hydrogen-bond acceptors (Lipinski definition) is 2. The summed E-state index contributed by atoms with van der Waals surface area (Å²) in [6.07, 6.45) is -0.539. The number of carbonyl (C=O) groups is 1. The van der Waals surface area contributed by atoms with Crippen LogP contribution >= 0.6 is 11.6 Å². The highest BCUT2D eigenvalue weighted by atomic mass is 35.5. The maximum absolute atomic E-state index is 11.0. The van der Waals surface area contributed by atoms with Gasteiger partial charge < -0.3 is 10.4 Å². The molecule has 0 radical (unpaired) electrons. The molecule has 14 heavy (non-hydrogen) atoms. The van der Waals surface area contributed by atoms with Crippen LogP contribution in [0.1, 0.15) is 18.6 Å². The van der Waals surface area contributed by atoms with Crippen molar-refractivity contribution in [2.24, 2.45) is 0 Å². The number of benzene rings is 1. The number of anilines is 1. The minimum Gasteiger partial charge on any atom is -0.389 e. The lowest BCUT2D eigenvalue weighted by Crippen LogP contribution is -2.12. The van der Waals surface area contributed by atoms with Crippen LogP contribution in [0.3, 0.4) is 0 Å². The van der Waals surface area contributed by atoms with Gasteiger partial charge in [-0.25, -0.2) is 0 Å². The minimum absolute atomic E-state index is 0.0705. The number of aliphatic hydroxyl groups excluding tert-OH is 1. The lowest BCUT2D eigenvalue weighted by molar-refractivity contribution is -0.113. The van der Waals surface area contributed by atoms with E-state index in [1.165, 1.54) is 0 Å². The van der Waals surface area contributed by atoms with Gasteiger partial charge in [0.15, 0.2) is 0 Å². The average Bonchev–Trinajstić information content (AvgIpc) is 2.18. The Morgan fingerprint density at radius 1 is 1.64 bits per heavy atom. The monoisotopic (exact) mass is 213 g/mol. The topological polar surface area (TPSA) is 49.3 Å². The van der Waals surface area contributed by atoms with Gasteiger partial charge in [-0.15, -0.1) is 11.6 Å². The van der Waals surface area contributed by atoms with Crippen LogP contribution in [-0.4, -0.2) is 16.9 Å². The third-order valence-corrected chi connectivity index (χ3v) is 2.02. The molecule has 0 saturated carbocycles. The summed E-state index contributed by atoms with van der Waals surface area (Å²) in [5.41, 5.74) is 1.41. The summed E-state index contributed by atoms with van der Waals surface area (Å²) in [5.74, 6) is -0.326. The smallest absolute Gasteiger partial charge is 0.239 e. The standard InChI is InChI=1S/C10H12ClNO2/c1-7(13)8-3-2-4-9(5-8)12-10(14)6-11/h2-5,7,13H,6H2,1H3,(H,12,14)/t7-/m0/s1. The maximum Gasteiger partial charge on any atom is 0.239 e. The molecule has 76 valence electrons. The summed E-state index contributed by atoms with van der Waals surface area (Å²) in [7, 11) is 0. The third kappa shape index (κ3) is 3.01. The number of alkyl halides is 1. The van der Waals surface area contributed by atoms with Crippen molar-refractivity contribution in [1.82, 2.24) is 0 Å². The van der Waals surface area contributed by atoms with E-state index in [9.17, 15) is 9.90 Å². The van der Waals surface area contributed by atoms with Gasteiger partial charge in [0.2, 0.25) is 5.91 Å². The molecule has 3 nitrogen and oxygen atoms in total. The van der Waals surface area contributed by atoms with Crippen molar-refractivity contribution in [3.63, 3.8) is 0 Å². The highest BCUT2D eigenvalue weighted by molar-refractivity contribution is 6.29. The summed E-state index contributed by atoms with van der Waals surface area (Å²) in [5, 5.41) is 11.9. The molecular weight excluding hydrogens is 202 g/mol. The molecule has 0 aromatic heterocycles. The summed E-state index contributed by atoms with van der Waals surface area (Å²) < 4.78 is 0. The Balaban J connectivity index is 2.78. The van der Waals surface area contributed by atoms with Crippen LogP contribution in [0.4, 0.5) is 5.69 Å². The lowest BCUT2D eigenvalue weighted by Gasteiger charge is -2.07.